The molecule has 1 N–H and O–H groups in total. The Morgan fingerprint density at radius 1 is 1.22 bits per heavy atom. The van der Waals surface area contributed by atoms with E-state index < -0.39 is 0 Å². The van der Waals surface area contributed by atoms with Gasteiger partial charge in [0.05, 0.1) is 5.25 Å². The van der Waals surface area contributed by atoms with Gasteiger partial charge in [-0.3, -0.25) is 4.79 Å². The van der Waals surface area contributed by atoms with Crippen LogP contribution in [0.5, 0.6) is 0 Å². The third kappa shape index (κ3) is 5.19. The van der Waals surface area contributed by atoms with Gasteiger partial charge >= 0.3 is 0 Å². The molecule has 2 heterocycles. The number of carbonyl (C=O) groups is 1. The van der Waals surface area contributed by atoms with Crippen molar-refractivity contribution < 1.29 is 13.7 Å². The lowest BCUT2D eigenvalue weighted by Gasteiger charge is -2.12. The van der Waals surface area contributed by atoms with Gasteiger partial charge < -0.3 is 14.3 Å². The Balaban J connectivity index is 1.70. The van der Waals surface area contributed by atoms with E-state index in [-0.39, 0.29) is 11.2 Å². The summed E-state index contributed by atoms with van der Waals surface area (Å²) in [6, 6.07) is 9.53. The van der Waals surface area contributed by atoms with Gasteiger partial charge in [-0.05, 0) is 32.4 Å². The number of aromatic nitrogens is 3. The van der Waals surface area contributed by atoms with Crippen LogP contribution in [-0.4, -0.2) is 26.5 Å². The summed E-state index contributed by atoms with van der Waals surface area (Å²) < 4.78 is 10.7. The fourth-order valence-electron chi connectivity index (χ4n) is 2.46. The number of benzene rings is 1. The molecule has 0 fully saturated rings. The van der Waals surface area contributed by atoms with Crippen LogP contribution in [0.15, 0.2) is 44.5 Å². The van der Waals surface area contributed by atoms with Gasteiger partial charge in [0.25, 0.3) is 5.22 Å². The number of amides is 1. The zero-order valence-electron chi connectivity index (χ0n) is 15.6. The minimum Gasteiger partial charge on any atom is -0.411 e. The number of nitrogens with zero attached hydrogens (tertiary/aromatic N) is 3. The summed E-state index contributed by atoms with van der Waals surface area (Å²) in [4.78, 5) is 12.6. The predicted molar refractivity (Wildman–Crippen MR) is 104 cm³/mol. The molecular formula is C19H22N4O3S. The lowest BCUT2D eigenvalue weighted by Crippen LogP contribution is -2.25. The number of anilines is 1. The lowest BCUT2D eigenvalue weighted by molar-refractivity contribution is -0.115. The second-order valence-corrected chi connectivity index (χ2v) is 7.45. The van der Waals surface area contributed by atoms with Gasteiger partial charge in [-0.1, -0.05) is 54.4 Å². The largest absolute Gasteiger partial charge is 0.411 e. The molecule has 0 radical (unpaired) electrons. The molecule has 0 aliphatic heterocycles. The van der Waals surface area contributed by atoms with Gasteiger partial charge in [-0.25, -0.2) is 0 Å². The van der Waals surface area contributed by atoms with Crippen molar-refractivity contribution in [2.45, 2.75) is 50.5 Å². The minimum atomic E-state index is -0.353. The number of thioether (sulfide) groups is 1. The molecule has 1 atom stereocenters. The second-order valence-electron chi connectivity index (χ2n) is 6.30. The average Bonchev–Trinajstić information content (AvgIpc) is 3.28. The van der Waals surface area contributed by atoms with E-state index in [1.165, 1.54) is 11.8 Å². The van der Waals surface area contributed by atoms with Crippen molar-refractivity contribution in [1.82, 2.24) is 15.4 Å². The molecule has 1 amide bonds. The molecule has 0 bridgehead atoms. The number of rotatable bonds is 8. The van der Waals surface area contributed by atoms with Crippen molar-refractivity contribution in [3.05, 3.63) is 41.7 Å². The second kappa shape index (κ2) is 8.85. The molecule has 0 spiro atoms. The molecular weight excluding hydrogens is 364 g/mol. The van der Waals surface area contributed by atoms with E-state index >= 15 is 0 Å². The molecule has 1 aromatic carbocycles. The molecule has 7 nitrogen and oxygen atoms in total. The van der Waals surface area contributed by atoms with E-state index in [9.17, 15) is 4.79 Å². The van der Waals surface area contributed by atoms with Crippen LogP contribution < -0.4 is 5.32 Å². The number of unbranched alkanes of at least 4 members (excludes halogenated alkanes) is 1. The van der Waals surface area contributed by atoms with Crippen molar-refractivity contribution in [1.29, 1.82) is 0 Å². The highest BCUT2D eigenvalue weighted by molar-refractivity contribution is 8.00. The van der Waals surface area contributed by atoms with Crippen LogP contribution in [0.2, 0.25) is 0 Å². The number of nitrogens with one attached hydrogen (secondary N) is 1. The quantitative estimate of drug-likeness (QED) is 0.564. The Hall–Kier alpha value is -2.61. The lowest BCUT2D eigenvalue weighted by atomic mass is 10.1. The SMILES string of the molecule is CCCCC(Sc1nnc(-c2ccc(C)cc2)o1)C(=O)Nc1cc(C)on1. The van der Waals surface area contributed by atoms with Crippen molar-refractivity contribution in [2.75, 3.05) is 5.32 Å². The Morgan fingerprint density at radius 2 is 2.00 bits per heavy atom. The summed E-state index contributed by atoms with van der Waals surface area (Å²) in [5.74, 6) is 1.34. The van der Waals surface area contributed by atoms with Crippen LogP contribution >= 0.6 is 11.8 Å². The first-order valence-corrected chi connectivity index (χ1v) is 9.74. The summed E-state index contributed by atoms with van der Waals surface area (Å²) in [5, 5.41) is 14.8. The first-order valence-electron chi connectivity index (χ1n) is 8.86. The normalized spacial score (nSPS) is 12.1. The van der Waals surface area contributed by atoms with E-state index in [0.717, 1.165) is 24.0 Å². The summed E-state index contributed by atoms with van der Waals surface area (Å²) in [5.41, 5.74) is 2.01. The van der Waals surface area contributed by atoms with E-state index in [4.69, 9.17) is 8.94 Å². The molecule has 142 valence electrons. The van der Waals surface area contributed by atoms with Gasteiger partial charge in [-0.15, -0.1) is 10.2 Å². The van der Waals surface area contributed by atoms with Crippen LogP contribution in [0.3, 0.4) is 0 Å². The molecule has 1 unspecified atom stereocenters. The molecule has 0 saturated carbocycles. The van der Waals surface area contributed by atoms with Crippen molar-refractivity contribution in [2.24, 2.45) is 0 Å². The molecule has 27 heavy (non-hydrogen) atoms. The van der Waals surface area contributed by atoms with Crippen LogP contribution in [0, 0.1) is 13.8 Å². The van der Waals surface area contributed by atoms with E-state index in [1.54, 1.807) is 13.0 Å². The van der Waals surface area contributed by atoms with Crippen LogP contribution in [0.4, 0.5) is 5.82 Å². The number of hydrogen-bond donors (Lipinski definition) is 1. The van der Waals surface area contributed by atoms with E-state index in [0.29, 0.717) is 29.1 Å². The van der Waals surface area contributed by atoms with Gasteiger partial charge in [0.1, 0.15) is 5.76 Å². The maximum atomic E-state index is 12.6. The molecule has 0 aliphatic rings. The predicted octanol–water partition coefficient (Wildman–Crippen LogP) is 4.63. The Morgan fingerprint density at radius 3 is 2.67 bits per heavy atom. The van der Waals surface area contributed by atoms with E-state index in [2.05, 4.69) is 27.6 Å². The van der Waals surface area contributed by atoms with Gasteiger partial charge in [0.2, 0.25) is 11.8 Å². The summed E-state index contributed by atoms with van der Waals surface area (Å²) >= 11 is 1.27. The average molecular weight is 386 g/mol. The van der Waals surface area contributed by atoms with Gasteiger partial charge in [-0.2, -0.15) is 0 Å². The number of carbonyl (C=O) groups excluding carboxylic acids is 1. The smallest absolute Gasteiger partial charge is 0.277 e. The standard InChI is InChI=1S/C19H22N4O3S/c1-4-5-6-15(17(24)20-16-11-13(3)26-23-16)27-19-22-21-18(25-19)14-9-7-12(2)8-10-14/h7-11,15H,4-6H2,1-3H3,(H,20,23,24). The number of hydrogen-bond acceptors (Lipinski definition) is 7. The molecule has 8 heteroatoms. The molecule has 3 rings (SSSR count). The van der Waals surface area contributed by atoms with Crippen LogP contribution in [0.1, 0.15) is 37.5 Å². The first-order chi connectivity index (χ1) is 13.0. The van der Waals surface area contributed by atoms with Gasteiger partial charge in [0.15, 0.2) is 5.82 Å². The van der Waals surface area contributed by atoms with Crippen molar-refractivity contribution >= 4 is 23.5 Å². The zero-order chi connectivity index (χ0) is 19.2. The van der Waals surface area contributed by atoms with Crippen LogP contribution in [0.25, 0.3) is 11.5 Å². The fourth-order valence-corrected chi connectivity index (χ4v) is 3.37. The monoisotopic (exact) mass is 386 g/mol. The first kappa shape index (κ1) is 19.2. The minimum absolute atomic E-state index is 0.156. The molecule has 0 aliphatic carbocycles. The highest BCUT2D eigenvalue weighted by Crippen LogP contribution is 2.29. The highest BCUT2D eigenvalue weighted by Gasteiger charge is 2.23. The number of aryl methyl sites for hydroxylation is 2. The molecule has 3 aromatic rings. The van der Waals surface area contributed by atoms with Gasteiger partial charge in [0, 0.05) is 11.6 Å². The Labute approximate surface area is 161 Å². The van der Waals surface area contributed by atoms with Crippen molar-refractivity contribution in [3.63, 3.8) is 0 Å². The fraction of sp³-hybridized carbons (Fsp3) is 0.368. The summed E-state index contributed by atoms with van der Waals surface area (Å²) in [6.45, 7) is 5.88. The van der Waals surface area contributed by atoms with E-state index in [1.807, 2.05) is 31.2 Å². The Bertz CT molecular complexity index is 889. The maximum Gasteiger partial charge on any atom is 0.277 e. The maximum absolute atomic E-state index is 12.6. The van der Waals surface area contributed by atoms with Crippen molar-refractivity contribution in [3.8, 4) is 11.5 Å². The Kier molecular flexibility index (Phi) is 6.28. The zero-order valence-corrected chi connectivity index (χ0v) is 16.4. The topological polar surface area (TPSA) is 94.0 Å². The van der Waals surface area contributed by atoms with Crippen LogP contribution in [-0.2, 0) is 4.79 Å². The highest BCUT2D eigenvalue weighted by atomic mass is 32.2. The summed E-state index contributed by atoms with van der Waals surface area (Å²) in [7, 11) is 0. The summed E-state index contributed by atoms with van der Waals surface area (Å²) in [6.07, 6.45) is 2.61. The third-order valence-corrected chi connectivity index (χ3v) is 5.04. The molecule has 2 aromatic heterocycles. The molecule has 0 saturated heterocycles. The third-order valence-electron chi connectivity index (χ3n) is 3.94.